The molecule has 0 heterocycles. The third kappa shape index (κ3) is 2.98. The Kier molecular flexibility index (Phi) is 3.22. The first kappa shape index (κ1) is 10.0. The van der Waals surface area contributed by atoms with Gasteiger partial charge >= 0.3 is 6.03 Å². The normalized spacial score (nSPS) is 16.3. The van der Waals surface area contributed by atoms with Crippen LogP contribution in [0, 0.1) is 6.07 Å². The maximum absolute atomic E-state index is 11.5. The van der Waals surface area contributed by atoms with E-state index in [9.17, 15) is 4.79 Å². The molecule has 1 aromatic carbocycles. The molecule has 0 aliphatic heterocycles. The van der Waals surface area contributed by atoms with Crippen LogP contribution in [0.15, 0.2) is 24.3 Å². The van der Waals surface area contributed by atoms with Gasteiger partial charge < -0.3 is 10.6 Å². The van der Waals surface area contributed by atoms with Crippen LogP contribution in [0.5, 0.6) is 0 Å². The van der Waals surface area contributed by atoms with Gasteiger partial charge in [-0.15, -0.1) is 0 Å². The third-order valence-corrected chi connectivity index (χ3v) is 2.65. The fraction of sp³-hybridized carbons (Fsp3) is 0.417. The van der Waals surface area contributed by atoms with Crippen LogP contribution in [0.4, 0.5) is 10.5 Å². The minimum Gasteiger partial charge on any atom is -0.335 e. The summed E-state index contributed by atoms with van der Waals surface area (Å²) in [6, 6.07) is 10.5. The number of carbonyl (C=O) groups excluding carboxylic acids is 1. The van der Waals surface area contributed by atoms with Crippen molar-refractivity contribution >= 4 is 11.7 Å². The van der Waals surface area contributed by atoms with Gasteiger partial charge in [0, 0.05) is 12.1 Å². The molecule has 1 aliphatic carbocycles. The Hall–Kier alpha value is -1.51. The number of anilines is 1. The van der Waals surface area contributed by atoms with Gasteiger partial charge in [-0.1, -0.05) is 31.0 Å². The van der Waals surface area contributed by atoms with Gasteiger partial charge in [-0.25, -0.2) is 4.79 Å². The summed E-state index contributed by atoms with van der Waals surface area (Å²) < 4.78 is 0. The highest BCUT2D eigenvalue weighted by Crippen LogP contribution is 2.17. The topological polar surface area (TPSA) is 41.1 Å². The molecule has 0 bridgehead atoms. The quantitative estimate of drug-likeness (QED) is 0.762. The number of para-hydroxylation sites is 1. The van der Waals surface area contributed by atoms with Gasteiger partial charge in [0.1, 0.15) is 0 Å². The molecule has 79 valence electrons. The standard InChI is InChI=1S/C12H15N2O/c15-12(14-11-8-4-5-9-11)13-10-6-2-1-3-7-10/h1-3,6,11H,4-5,8-9H2,(H2,13,14,15). The van der Waals surface area contributed by atoms with Crippen molar-refractivity contribution in [2.45, 2.75) is 31.7 Å². The highest BCUT2D eigenvalue weighted by Gasteiger charge is 2.16. The summed E-state index contributed by atoms with van der Waals surface area (Å²) in [6.07, 6.45) is 4.66. The number of rotatable bonds is 2. The molecular weight excluding hydrogens is 188 g/mol. The Morgan fingerprint density at radius 1 is 1.33 bits per heavy atom. The van der Waals surface area contributed by atoms with Gasteiger partial charge in [0.05, 0.1) is 5.69 Å². The lowest BCUT2D eigenvalue weighted by atomic mass is 10.2. The van der Waals surface area contributed by atoms with Crippen molar-refractivity contribution < 1.29 is 4.79 Å². The number of amides is 2. The SMILES string of the molecule is O=C(Nc1[c]cccc1)NC1CCCC1. The molecule has 2 N–H and O–H groups in total. The number of carbonyl (C=O) groups is 1. The van der Waals surface area contributed by atoms with E-state index in [0.717, 1.165) is 12.8 Å². The third-order valence-electron chi connectivity index (χ3n) is 2.65. The van der Waals surface area contributed by atoms with E-state index in [1.54, 1.807) is 6.07 Å². The molecular formula is C12H15N2O. The minimum atomic E-state index is -0.121. The zero-order chi connectivity index (χ0) is 10.5. The fourth-order valence-corrected chi connectivity index (χ4v) is 1.89. The molecule has 0 aromatic heterocycles. The summed E-state index contributed by atoms with van der Waals surface area (Å²) in [5, 5.41) is 5.72. The molecule has 0 unspecified atom stereocenters. The zero-order valence-electron chi connectivity index (χ0n) is 8.62. The van der Waals surface area contributed by atoms with E-state index in [1.165, 1.54) is 12.8 Å². The van der Waals surface area contributed by atoms with Crippen LogP contribution < -0.4 is 10.6 Å². The zero-order valence-corrected chi connectivity index (χ0v) is 8.62. The second-order valence-electron chi connectivity index (χ2n) is 3.86. The second-order valence-corrected chi connectivity index (χ2v) is 3.86. The Labute approximate surface area is 89.9 Å². The fourth-order valence-electron chi connectivity index (χ4n) is 1.89. The predicted octanol–water partition coefficient (Wildman–Crippen LogP) is 2.55. The number of hydrogen-bond acceptors (Lipinski definition) is 1. The second kappa shape index (κ2) is 4.82. The Morgan fingerprint density at radius 3 is 2.80 bits per heavy atom. The van der Waals surface area contributed by atoms with Crippen molar-refractivity contribution in [1.29, 1.82) is 0 Å². The van der Waals surface area contributed by atoms with E-state index in [1.807, 2.05) is 18.2 Å². The van der Waals surface area contributed by atoms with Crippen molar-refractivity contribution in [3.05, 3.63) is 30.3 Å². The van der Waals surface area contributed by atoms with E-state index in [2.05, 4.69) is 16.7 Å². The first-order valence-electron chi connectivity index (χ1n) is 5.39. The molecule has 1 fully saturated rings. The lowest BCUT2D eigenvalue weighted by Crippen LogP contribution is -2.36. The van der Waals surface area contributed by atoms with E-state index in [4.69, 9.17) is 0 Å². The maximum Gasteiger partial charge on any atom is 0.319 e. The lowest BCUT2D eigenvalue weighted by molar-refractivity contribution is 0.248. The molecule has 1 aromatic rings. The van der Waals surface area contributed by atoms with E-state index < -0.39 is 0 Å². The summed E-state index contributed by atoms with van der Waals surface area (Å²) in [4.78, 5) is 11.5. The van der Waals surface area contributed by atoms with Crippen LogP contribution in [0.3, 0.4) is 0 Å². The van der Waals surface area contributed by atoms with Crippen LogP contribution in [-0.2, 0) is 0 Å². The molecule has 0 saturated heterocycles. The van der Waals surface area contributed by atoms with Gasteiger partial charge in [0.15, 0.2) is 0 Å². The smallest absolute Gasteiger partial charge is 0.319 e. The van der Waals surface area contributed by atoms with Crippen molar-refractivity contribution in [2.24, 2.45) is 0 Å². The molecule has 2 amide bonds. The van der Waals surface area contributed by atoms with E-state index in [-0.39, 0.29) is 6.03 Å². The summed E-state index contributed by atoms with van der Waals surface area (Å²) in [5.74, 6) is 0. The van der Waals surface area contributed by atoms with Crippen molar-refractivity contribution in [3.8, 4) is 0 Å². The minimum absolute atomic E-state index is 0.121. The molecule has 2 rings (SSSR count). The highest BCUT2D eigenvalue weighted by molar-refractivity contribution is 5.89. The number of hydrogen-bond donors (Lipinski definition) is 2. The molecule has 3 nitrogen and oxygen atoms in total. The summed E-state index contributed by atoms with van der Waals surface area (Å²) in [6.45, 7) is 0. The Balaban J connectivity index is 1.82. The van der Waals surface area contributed by atoms with Gasteiger partial charge in [-0.2, -0.15) is 0 Å². The monoisotopic (exact) mass is 203 g/mol. The van der Waals surface area contributed by atoms with E-state index in [0.29, 0.717) is 11.7 Å². The van der Waals surface area contributed by atoms with Gasteiger partial charge in [0.2, 0.25) is 0 Å². The lowest BCUT2D eigenvalue weighted by Gasteiger charge is -2.12. The first-order chi connectivity index (χ1) is 7.34. The molecule has 3 heteroatoms. The van der Waals surface area contributed by atoms with Gasteiger partial charge in [-0.3, -0.25) is 0 Å². The first-order valence-corrected chi connectivity index (χ1v) is 5.39. The average Bonchev–Trinajstić information content (AvgIpc) is 2.71. The molecule has 1 saturated carbocycles. The largest absolute Gasteiger partial charge is 0.335 e. The molecule has 15 heavy (non-hydrogen) atoms. The molecule has 1 aliphatic rings. The van der Waals surface area contributed by atoms with Crippen molar-refractivity contribution in [3.63, 3.8) is 0 Å². The molecule has 1 radical (unpaired) electrons. The molecule has 0 spiro atoms. The Morgan fingerprint density at radius 2 is 2.13 bits per heavy atom. The summed E-state index contributed by atoms with van der Waals surface area (Å²) in [7, 11) is 0. The number of benzene rings is 1. The van der Waals surface area contributed by atoms with Crippen LogP contribution >= 0.6 is 0 Å². The number of nitrogens with one attached hydrogen (secondary N) is 2. The van der Waals surface area contributed by atoms with Crippen molar-refractivity contribution in [2.75, 3.05) is 5.32 Å². The van der Waals surface area contributed by atoms with Gasteiger partial charge in [0.25, 0.3) is 0 Å². The molecule has 0 atom stereocenters. The maximum atomic E-state index is 11.5. The van der Waals surface area contributed by atoms with Crippen LogP contribution in [0.25, 0.3) is 0 Å². The van der Waals surface area contributed by atoms with Gasteiger partial charge in [-0.05, 0) is 18.9 Å². The summed E-state index contributed by atoms with van der Waals surface area (Å²) >= 11 is 0. The van der Waals surface area contributed by atoms with E-state index >= 15 is 0 Å². The summed E-state index contributed by atoms with van der Waals surface area (Å²) in [5.41, 5.74) is 0.716. The number of urea groups is 1. The van der Waals surface area contributed by atoms with Crippen LogP contribution in [0.1, 0.15) is 25.7 Å². The van der Waals surface area contributed by atoms with Crippen molar-refractivity contribution in [1.82, 2.24) is 5.32 Å². The highest BCUT2D eigenvalue weighted by atomic mass is 16.2. The predicted molar refractivity (Wildman–Crippen MR) is 59.7 cm³/mol. The van der Waals surface area contributed by atoms with Crippen LogP contribution in [0.2, 0.25) is 0 Å². The Bertz CT molecular complexity index is 318. The van der Waals surface area contributed by atoms with Crippen LogP contribution in [-0.4, -0.2) is 12.1 Å². The average molecular weight is 203 g/mol.